The highest BCUT2D eigenvalue weighted by Crippen LogP contribution is 2.30. The number of nitrogens with one attached hydrogen (secondary N) is 1. The average Bonchev–Trinajstić information content (AvgIpc) is 2.01. The monoisotopic (exact) mass is 186 g/mol. The summed E-state index contributed by atoms with van der Waals surface area (Å²) in [4.78, 5) is 2.38. The van der Waals surface area contributed by atoms with Crippen LogP contribution in [0.1, 0.15) is 27.7 Å². The highest BCUT2D eigenvalue weighted by atomic mass is 16.5. The molecule has 0 bridgehead atoms. The predicted octanol–water partition coefficient (Wildman–Crippen LogP) is 1.05. The van der Waals surface area contributed by atoms with Crippen molar-refractivity contribution < 1.29 is 4.74 Å². The first-order chi connectivity index (χ1) is 5.82. The molecule has 0 spiro atoms. The molecule has 13 heavy (non-hydrogen) atoms. The Morgan fingerprint density at radius 2 is 1.85 bits per heavy atom. The molecule has 1 fully saturated rings. The fourth-order valence-corrected chi connectivity index (χ4v) is 2.04. The minimum Gasteiger partial charge on any atom is -0.365 e. The third-order valence-corrected chi connectivity index (χ3v) is 3.37. The summed E-state index contributed by atoms with van der Waals surface area (Å²) in [5, 5.41) is 3.42. The van der Waals surface area contributed by atoms with Gasteiger partial charge in [0.1, 0.15) is 6.23 Å². The van der Waals surface area contributed by atoms with Gasteiger partial charge in [-0.05, 0) is 34.7 Å². The number of piperazine rings is 1. The van der Waals surface area contributed by atoms with Gasteiger partial charge in [0.15, 0.2) is 0 Å². The number of nitrogens with zero attached hydrogens (tertiary/aromatic N) is 1. The van der Waals surface area contributed by atoms with E-state index in [9.17, 15) is 0 Å². The lowest BCUT2D eigenvalue weighted by molar-refractivity contribution is -0.114. The van der Waals surface area contributed by atoms with Crippen LogP contribution in [-0.2, 0) is 4.74 Å². The number of rotatable bonds is 1. The van der Waals surface area contributed by atoms with E-state index in [0.29, 0.717) is 0 Å². The summed E-state index contributed by atoms with van der Waals surface area (Å²) in [5.74, 6) is 0. The van der Waals surface area contributed by atoms with Crippen LogP contribution < -0.4 is 5.32 Å². The standard InChI is InChI=1S/C10H22N2O/c1-9(2)7-11-8(13-6)10(3,4)12(9)5/h8,11H,7H2,1-6H3. The largest absolute Gasteiger partial charge is 0.365 e. The van der Waals surface area contributed by atoms with E-state index < -0.39 is 0 Å². The van der Waals surface area contributed by atoms with E-state index >= 15 is 0 Å². The molecule has 1 heterocycles. The minimum absolute atomic E-state index is 0.0382. The van der Waals surface area contributed by atoms with Crippen molar-refractivity contribution in [2.24, 2.45) is 0 Å². The van der Waals surface area contributed by atoms with Gasteiger partial charge < -0.3 is 4.74 Å². The van der Waals surface area contributed by atoms with Crippen LogP contribution in [0.15, 0.2) is 0 Å². The van der Waals surface area contributed by atoms with Gasteiger partial charge in [-0.3, -0.25) is 10.2 Å². The Bertz CT molecular complexity index is 189. The third kappa shape index (κ3) is 1.73. The van der Waals surface area contributed by atoms with E-state index in [0.717, 1.165) is 6.54 Å². The Morgan fingerprint density at radius 1 is 1.31 bits per heavy atom. The molecule has 0 aliphatic carbocycles. The smallest absolute Gasteiger partial charge is 0.125 e. The Kier molecular flexibility index (Phi) is 2.72. The second kappa shape index (κ2) is 3.23. The number of ether oxygens (including phenoxy) is 1. The zero-order valence-electron chi connectivity index (χ0n) is 9.64. The van der Waals surface area contributed by atoms with E-state index in [1.165, 1.54) is 0 Å². The lowest BCUT2D eigenvalue weighted by atomic mass is 9.88. The van der Waals surface area contributed by atoms with Gasteiger partial charge >= 0.3 is 0 Å². The predicted molar refractivity (Wildman–Crippen MR) is 54.7 cm³/mol. The van der Waals surface area contributed by atoms with Gasteiger partial charge in [0.25, 0.3) is 0 Å². The summed E-state index contributed by atoms with van der Waals surface area (Å²) >= 11 is 0. The van der Waals surface area contributed by atoms with Crippen molar-refractivity contribution in [1.82, 2.24) is 10.2 Å². The molecular weight excluding hydrogens is 164 g/mol. The zero-order chi connectivity index (χ0) is 10.3. The fourth-order valence-electron chi connectivity index (χ4n) is 2.04. The van der Waals surface area contributed by atoms with E-state index in [2.05, 4.69) is 45.0 Å². The van der Waals surface area contributed by atoms with Crippen molar-refractivity contribution in [2.75, 3.05) is 20.7 Å². The molecule has 0 aromatic heterocycles. The van der Waals surface area contributed by atoms with Gasteiger partial charge in [0, 0.05) is 19.2 Å². The number of likely N-dealkylation sites (N-methyl/N-ethyl adjacent to an activating group) is 1. The topological polar surface area (TPSA) is 24.5 Å². The van der Waals surface area contributed by atoms with E-state index in [-0.39, 0.29) is 17.3 Å². The Labute approximate surface area is 81.4 Å². The fraction of sp³-hybridized carbons (Fsp3) is 1.00. The molecule has 1 unspecified atom stereocenters. The minimum atomic E-state index is 0.0382. The number of hydrogen-bond donors (Lipinski definition) is 1. The lowest BCUT2D eigenvalue weighted by Crippen LogP contribution is -2.71. The summed E-state index contributed by atoms with van der Waals surface area (Å²) < 4.78 is 5.42. The maximum Gasteiger partial charge on any atom is 0.125 e. The van der Waals surface area contributed by atoms with Crippen LogP contribution in [0.3, 0.4) is 0 Å². The molecule has 1 rings (SSSR count). The normalized spacial score (nSPS) is 33.2. The number of methoxy groups -OCH3 is 1. The molecule has 0 aromatic rings. The Morgan fingerprint density at radius 3 is 2.31 bits per heavy atom. The van der Waals surface area contributed by atoms with Gasteiger partial charge in [-0.15, -0.1) is 0 Å². The van der Waals surface area contributed by atoms with Crippen LogP contribution in [0, 0.1) is 0 Å². The number of hydrogen-bond acceptors (Lipinski definition) is 3. The molecule has 1 aliphatic rings. The zero-order valence-corrected chi connectivity index (χ0v) is 9.64. The molecule has 1 atom stereocenters. The van der Waals surface area contributed by atoms with Gasteiger partial charge in [-0.25, -0.2) is 0 Å². The van der Waals surface area contributed by atoms with Crippen molar-refractivity contribution in [2.45, 2.75) is 45.0 Å². The molecule has 3 nitrogen and oxygen atoms in total. The lowest BCUT2D eigenvalue weighted by Gasteiger charge is -2.54. The van der Waals surface area contributed by atoms with Gasteiger partial charge in [0.2, 0.25) is 0 Å². The van der Waals surface area contributed by atoms with Gasteiger partial charge in [-0.2, -0.15) is 0 Å². The SMILES string of the molecule is COC1NCC(C)(C)N(C)C1(C)C. The summed E-state index contributed by atoms with van der Waals surface area (Å²) in [7, 11) is 3.92. The molecular formula is C10H22N2O. The molecule has 0 saturated carbocycles. The second-order valence-electron chi connectivity index (χ2n) is 5.02. The van der Waals surface area contributed by atoms with Crippen LogP contribution in [0.25, 0.3) is 0 Å². The van der Waals surface area contributed by atoms with Crippen LogP contribution in [0.2, 0.25) is 0 Å². The van der Waals surface area contributed by atoms with Crippen molar-refractivity contribution in [1.29, 1.82) is 0 Å². The average molecular weight is 186 g/mol. The molecule has 1 aliphatic heterocycles. The summed E-state index contributed by atoms with van der Waals surface area (Å²) in [6, 6.07) is 0. The first-order valence-electron chi connectivity index (χ1n) is 4.82. The highest BCUT2D eigenvalue weighted by molar-refractivity contribution is 5.00. The van der Waals surface area contributed by atoms with Gasteiger partial charge in [0.05, 0.1) is 5.54 Å². The van der Waals surface area contributed by atoms with Crippen molar-refractivity contribution in [3.63, 3.8) is 0 Å². The first-order valence-corrected chi connectivity index (χ1v) is 4.82. The summed E-state index contributed by atoms with van der Waals surface area (Å²) in [6.45, 7) is 9.86. The Balaban J connectivity index is 2.85. The maximum absolute atomic E-state index is 5.42. The summed E-state index contributed by atoms with van der Waals surface area (Å²) in [6.07, 6.45) is 0.116. The molecule has 3 heteroatoms. The van der Waals surface area contributed by atoms with Crippen molar-refractivity contribution in [3.05, 3.63) is 0 Å². The summed E-state index contributed by atoms with van der Waals surface area (Å²) in [5.41, 5.74) is 0.231. The second-order valence-corrected chi connectivity index (χ2v) is 5.02. The van der Waals surface area contributed by atoms with Crippen LogP contribution in [0.5, 0.6) is 0 Å². The first kappa shape index (κ1) is 11.0. The highest BCUT2D eigenvalue weighted by Gasteiger charge is 2.44. The van der Waals surface area contributed by atoms with Crippen molar-refractivity contribution >= 4 is 0 Å². The van der Waals surface area contributed by atoms with E-state index in [4.69, 9.17) is 4.74 Å². The van der Waals surface area contributed by atoms with Crippen LogP contribution >= 0.6 is 0 Å². The van der Waals surface area contributed by atoms with Crippen molar-refractivity contribution in [3.8, 4) is 0 Å². The molecule has 0 radical (unpaired) electrons. The maximum atomic E-state index is 5.42. The molecule has 1 saturated heterocycles. The molecule has 78 valence electrons. The van der Waals surface area contributed by atoms with Crippen LogP contribution in [0.4, 0.5) is 0 Å². The van der Waals surface area contributed by atoms with Crippen LogP contribution in [-0.4, -0.2) is 42.9 Å². The van der Waals surface area contributed by atoms with E-state index in [1.807, 2.05) is 0 Å². The molecule has 0 amide bonds. The quantitative estimate of drug-likeness (QED) is 0.662. The Hall–Kier alpha value is -0.120. The third-order valence-electron chi connectivity index (χ3n) is 3.37. The molecule has 0 aromatic carbocycles. The van der Waals surface area contributed by atoms with Gasteiger partial charge in [-0.1, -0.05) is 0 Å². The van der Waals surface area contributed by atoms with E-state index in [1.54, 1.807) is 7.11 Å². The molecule has 1 N–H and O–H groups in total.